The Morgan fingerprint density at radius 3 is 2.58 bits per heavy atom. The molecule has 1 aromatic heterocycles. The SMILES string of the molecule is CC1c2nc(C(=O)NC3CC3)cn2CCN1Cc1ccc2c(c1)OCO2.O=C(O)C(F)(F)F. The molecule has 1 unspecified atom stereocenters. The molecule has 0 saturated heterocycles. The molecule has 0 bridgehead atoms. The van der Waals surface area contributed by atoms with Crippen molar-refractivity contribution in [2.45, 2.75) is 51.1 Å². The predicted molar refractivity (Wildman–Crippen MR) is 108 cm³/mol. The molecule has 9 nitrogen and oxygen atoms in total. The Kier molecular flexibility index (Phi) is 6.19. The molecule has 2 aromatic rings. The number of hydrogen-bond acceptors (Lipinski definition) is 6. The summed E-state index contributed by atoms with van der Waals surface area (Å²) in [4.78, 5) is 28.2. The van der Waals surface area contributed by atoms with Crippen LogP contribution in [0.2, 0.25) is 0 Å². The lowest BCUT2D eigenvalue weighted by atomic mass is 10.1. The van der Waals surface area contributed by atoms with Gasteiger partial charge >= 0.3 is 12.1 Å². The number of imidazole rings is 1. The van der Waals surface area contributed by atoms with E-state index in [-0.39, 0.29) is 11.9 Å². The van der Waals surface area contributed by atoms with Crippen LogP contribution in [0.5, 0.6) is 11.5 Å². The standard InChI is InChI=1S/C19H22N4O3.C2HF3O2/c1-12-18-21-15(19(24)20-14-3-4-14)10-23(18)7-6-22(12)9-13-2-5-16-17(8-13)26-11-25-16;3-2(4,5)1(6)7/h2,5,8,10,12,14H,3-4,6-7,9,11H2,1H3,(H,20,24);(H,6,7). The van der Waals surface area contributed by atoms with Gasteiger partial charge in [-0.1, -0.05) is 6.07 Å². The number of aromatic nitrogens is 2. The van der Waals surface area contributed by atoms with Crippen LogP contribution < -0.4 is 14.8 Å². The third-order valence-corrected chi connectivity index (χ3v) is 5.57. The largest absolute Gasteiger partial charge is 0.490 e. The number of carboxylic acid groups (broad SMARTS) is 1. The molecule has 2 N–H and O–H groups in total. The van der Waals surface area contributed by atoms with Gasteiger partial charge in [-0.25, -0.2) is 9.78 Å². The van der Waals surface area contributed by atoms with Crippen molar-refractivity contribution >= 4 is 11.9 Å². The minimum atomic E-state index is -5.08. The summed E-state index contributed by atoms with van der Waals surface area (Å²) < 4.78 is 44.7. The zero-order chi connectivity index (χ0) is 23.8. The van der Waals surface area contributed by atoms with Crippen LogP contribution in [0.3, 0.4) is 0 Å². The van der Waals surface area contributed by atoms with Crippen LogP contribution >= 0.6 is 0 Å². The van der Waals surface area contributed by atoms with E-state index < -0.39 is 12.1 Å². The molecule has 0 radical (unpaired) electrons. The minimum absolute atomic E-state index is 0.0519. The number of carbonyl (C=O) groups is 2. The number of carbonyl (C=O) groups excluding carboxylic acids is 1. The number of nitrogens with one attached hydrogen (secondary N) is 1. The summed E-state index contributed by atoms with van der Waals surface area (Å²) in [6, 6.07) is 6.59. The predicted octanol–water partition coefficient (Wildman–Crippen LogP) is 2.71. The van der Waals surface area contributed by atoms with E-state index in [1.807, 2.05) is 18.3 Å². The van der Waals surface area contributed by atoms with Crippen LogP contribution in [0, 0.1) is 0 Å². The van der Waals surface area contributed by atoms with Gasteiger partial charge in [-0.05, 0) is 37.5 Å². The molecule has 12 heteroatoms. The summed E-state index contributed by atoms with van der Waals surface area (Å²) in [5.74, 6) is -0.232. The molecule has 33 heavy (non-hydrogen) atoms. The number of carboxylic acids is 1. The van der Waals surface area contributed by atoms with Gasteiger partial charge in [-0.3, -0.25) is 9.69 Å². The van der Waals surface area contributed by atoms with Gasteiger partial charge in [0.1, 0.15) is 11.5 Å². The van der Waals surface area contributed by atoms with E-state index in [1.165, 1.54) is 5.56 Å². The number of aliphatic carboxylic acids is 1. The Hall–Kier alpha value is -3.28. The summed E-state index contributed by atoms with van der Waals surface area (Å²) in [6.45, 7) is 5.01. The van der Waals surface area contributed by atoms with E-state index in [9.17, 15) is 18.0 Å². The van der Waals surface area contributed by atoms with Gasteiger partial charge in [0.2, 0.25) is 6.79 Å². The third-order valence-electron chi connectivity index (χ3n) is 5.57. The first-order valence-electron chi connectivity index (χ1n) is 10.4. The Morgan fingerprint density at radius 2 is 1.91 bits per heavy atom. The maximum Gasteiger partial charge on any atom is 0.490 e. The molecule has 5 rings (SSSR count). The van der Waals surface area contributed by atoms with Crippen LogP contribution in [-0.2, 0) is 17.9 Å². The molecule has 0 spiro atoms. The summed E-state index contributed by atoms with van der Waals surface area (Å²) >= 11 is 0. The summed E-state index contributed by atoms with van der Waals surface area (Å²) in [7, 11) is 0. The first-order chi connectivity index (χ1) is 15.6. The molecule has 1 aliphatic carbocycles. The van der Waals surface area contributed by atoms with Crippen molar-refractivity contribution < 1.29 is 37.3 Å². The van der Waals surface area contributed by atoms with E-state index in [0.29, 0.717) is 18.5 Å². The van der Waals surface area contributed by atoms with Crippen LogP contribution in [-0.4, -0.2) is 57.0 Å². The first kappa shape index (κ1) is 22.9. The Morgan fingerprint density at radius 1 is 1.21 bits per heavy atom. The fourth-order valence-electron chi connectivity index (χ4n) is 3.62. The smallest absolute Gasteiger partial charge is 0.475 e. The average Bonchev–Trinajstić information content (AvgIpc) is 3.26. The number of rotatable bonds is 4. The number of hydrogen-bond donors (Lipinski definition) is 2. The zero-order valence-electron chi connectivity index (χ0n) is 17.8. The second-order valence-electron chi connectivity index (χ2n) is 8.06. The Bertz CT molecular complexity index is 1050. The Labute approximate surface area is 187 Å². The number of nitrogens with zero attached hydrogens (tertiary/aromatic N) is 3. The first-order valence-corrected chi connectivity index (χ1v) is 10.4. The quantitative estimate of drug-likeness (QED) is 0.711. The monoisotopic (exact) mass is 468 g/mol. The van der Waals surface area contributed by atoms with Crippen molar-refractivity contribution in [2.24, 2.45) is 0 Å². The van der Waals surface area contributed by atoms with Crippen LogP contribution in [0.4, 0.5) is 13.2 Å². The van der Waals surface area contributed by atoms with Crippen LogP contribution in [0.25, 0.3) is 0 Å². The van der Waals surface area contributed by atoms with Gasteiger partial charge in [0.05, 0.1) is 6.04 Å². The van der Waals surface area contributed by atoms with Crippen LogP contribution in [0.1, 0.15) is 47.7 Å². The van der Waals surface area contributed by atoms with Gasteiger partial charge in [-0.15, -0.1) is 0 Å². The van der Waals surface area contributed by atoms with Crippen molar-refractivity contribution in [3.63, 3.8) is 0 Å². The van der Waals surface area contributed by atoms with Gasteiger partial charge in [0, 0.05) is 31.9 Å². The molecular formula is C21H23F3N4O5. The van der Waals surface area contributed by atoms with Gasteiger partial charge in [-0.2, -0.15) is 13.2 Å². The van der Waals surface area contributed by atoms with Crippen molar-refractivity contribution in [2.75, 3.05) is 13.3 Å². The lowest BCUT2D eigenvalue weighted by Crippen LogP contribution is -2.36. The van der Waals surface area contributed by atoms with E-state index >= 15 is 0 Å². The molecule has 1 fully saturated rings. The normalized spacial score (nSPS) is 19.3. The lowest BCUT2D eigenvalue weighted by Gasteiger charge is -2.33. The molecular weight excluding hydrogens is 445 g/mol. The molecule has 1 atom stereocenters. The molecule has 178 valence electrons. The molecule has 1 aromatic carbocycles. The molecule has 3 aliphatic rings. The highest BCUT2D eigenvalue weighted by molar-refractivity contribution is 5.92. The third kappa shape index (κ3) is 5.38. The van der Waals surface area contributed by atoms with Crippen LogP contribution in [0.15, 0.2) is 24.4 Å². The number of amides is 1. The van der Waals surface area contributed by atoms with E-state index in [4.69, 9.17) is 19.4 Å². The van der Waals surface area contributed by atoms with E-state index in [0.717, 1.165) is 49.8 Å². The average molecular weight is 468 g/mol. The zero-order valence-corrected chi connectivity index (χ0v) is 17.8. The molecule has 2 aliphatic heterocycles. The topological polar surface area (TPSA) is 106 Å². The lowest BCUT2D eigenvalue weighted by molar-refractivity contribution is -0.192. The van der Waals surface area contributed by atoms with Crippen molar-refractivity contribution in [3.05, 3.63) is 41.5 Å². The molecule has 3 heterocycles. The molecule has 1 saturated carbocycles. The second kappa shape index (κ2) is 8.93. The number of benzene rings is 1. The van der Waals surface area contributed by atoms with Gasteiger partial charge in [0.15, 0.2) is 11.5 Å². The van der Waals surface area contributed by atoms with Gasteiger partial charge < -0.3 is 24.5 Å². The summed E-state index contributed by atoms with van der Waals surface area (Å²) in [5, 5.41) is 10.1. The highest BCUT2D eigenvalue weighted by Gasteiger charge is 2.38. The summed E-state index contributed by atoms with van der Waals surface area (Å²) in [5.41, 5.74) is 1.72. The Balaban J connectivity index is 0.000000325. The van der Waals surface area contributed by atoms with Crippen molar-refractivity contribution in [3.8, 4) is 11.5 Å². The van der Waals surface area contributed by atoms with E-state index in [1.54, 1.807) is 0 Å². The number of halogens is 3. The highest BCUT2D eigenvalue weighted by atomic mass is 19.4. The number of ether oxygens (including phenoxy) is 2. The second-order valence-corrected chi connectivity index (χ2v) is 8.06. The number of fused-ring (bicyclic) bond motifs is 2. The molecule has 1 amide bonds. The number of alkyl halides is 3. The van der Waals surface area contributed by atoms with Gasteiger partial charge in [0.25, 0.3) is 5.91 Å². The summed E-state index contributed by atoms with van der Waals surface area (Å²) in [6.07, 6.45) is -1.03. The van der Waals surface area contributed by atoms with Crippen molar-refractivity contribution in [1.82, 2.24) is 19.8 Å². The maximum atomic E-state index is 12.3. The fourth-order valence-corrected chi connectivity index (χ4v) is 3.62. The van der Waals surface area contributed by atoms with E-state index in [2.05, 4.69) is 32.8 Å². The minimum Gasteiger partial charge on any atom is -0.475 e. The maximum absolute atomic E-state index is 12.3. The fraction of sp³-hybridized carbons (Fsp3) is 0.476. The van der Waals surface area contributed by atoms with Crippen molar-refractivity contribution in [1.29, 1.82) is 0 Å². The highest BCUT2D eigenvalue weighted by Crippen LogP contribution is 2.34.